The number of rotatable bonds is 9. The van der Waals surface area contributed by atoms with Gasteiger partial charge in [-0.25, -0.2) is 4.79 Å². The minimum Gasteiger partial charge on any atom is -0.463 e. The molecule has 0 aliphatic rings. The zero-order valence-electron chi connectivity index (χ0n) is 16.6. The molecule has 0 saturated heterocycles. The van der Waals surface area contributed by atoms with E-state index in [1.165, 1.54) is 24.3 Å². The summed E-state index contributed by atoms with van der Waals surface area (Å²) < 4.78 is 50.4. The standard InChI is InChI=1S/C20H25F3O6/c1-12(2)27-18(25)16(17(24)19(26)28-13(3)4)7-5-6-14-8-10-15(11-9-14)29-20(21,22)23/h5-6,8-13,16-17,24H,7H2,1-4H3/t16-,17+/m1/s1. The Labute approximate surface area is 167 Å². The Morgan fingerprint density at radius 3 is 2.00 bits per heavy atom. The van der Waals surface area contributed by atoms with E-state index in [0.29, 0.717) is 5.56 Å². The molecule has 29 heavy (non-hydrogen) atoms. The lowest BCUT2D eigenvalue weighted by molar-refractivity contribution is -0.274. The van der Waals surface area contributed by atoms with Gasteiger partial charge in [0, 0.05) is 0 Å². The SMILES string of the molecule is CC(C)OC(=O)[C@@H](O)[C@@H](CC=Cc1ccc(OC(F)(F)F)cc1)C(=O)OC(C)C. The zero-order valence-corrected chi connectivity index (χ0v) is 16.6. The van der Waals surface area contributed by atoms with Crippen molar-refractivity contribution in [2.75, 3.05) is 0 Å². The molecule has 0 bridgehead atoms. The van der Waals surface area contributed by atoms with E-state index in [0.717, 1.165) is 12.1 Å². The van der Waals surface area contributed by atoms with Crippen molar-refractivity contribution < 1.29 is 42.1 Å². The van der Waals surface area contributed by atoms with Crippen LogP contribution in [0.4, 0.5) is 13.2 Å². The van der Waals surface area contributed by atoms with Crippen LogP contribution in [0.25, 0.3) is 6.08 Å². The van der Waals surface area contributed by atoms with E-state index in [4.69, 9.17) is 9.47 Å². The topological polar surface area (TPSA) is 82.1 Å². The molecule has 1 aromatic rings. The first-order valence-corrected chi connectivity index (χ1v) is 9.00. The zero-order chi connectivity index (χ0) is 22.2. The highest BCUT2D eigenvalue weighted by Crippen LogP contribution is 2.23. The second-order valence-corrected chi connectivity index (χ2v) is 6.78. The van der Waals surface area contributed by atoms with Crippen molar-refractivity contribution in [3.8, 4) is 5.75 Å². The molecule has 0 saturated carbocycles. The predicted octanol–water partition coefficient (Wildman–Crippen LogP) is 3.87. The maximum Gasteiger partial charge on any atom is 0.573 e. The third kappa shape index (κ3) is 9.47. The predicted molar refractivity (Wildman–Crippen MR) is 98.7 cm³/mol. The van der Waals surface area contributed by atoms with Gasteiger partial charge in [-0.1, -0.05) is 24.3 Å². The lowest BCUT2D eigenvalue weighted by Gasteiger charge is -2.21. The number of benzene rings is 1. The van der Waals surface area contributed by atoms with E-state index >= 15 is 0 Å². The molecule has 1 aromatic carbocycles. The average molecular weight is 418 g/mol. The van der Waals surface area contributed by atoms with Gasteiger partial charge in [-0.2, -0.15) is 0 Å². The van der Waals surface area contributed by atoms with Gasteiger partial charge in [0.2, 0.25) is 0 Å². The highest BCUT2D eigenvalue weighted by molar-refractivity contribution is 5.84. The normalized spacial score (nSPS) is 14.1. The molecule has 6 nitrogen and oxygen atoms in total. The van der Waals surface area contributed by atoms with Crippen LogP contribution in [0, 0.1) is 5.92 Å². The third-order valence-corrected chi connectivity index (χ3v) is 3.44. The van der Waals surface area contributed by atoms with Gasteiger partial charge in [0.1, 0.15) is 5.75 Å². The largest absolute Gasteiger partial charge is 0.573 e. The Bertz CT molecular complexity index is 695. The summed E-state index contributed by atoms with van der Waals surface area (Å²) in [6.45, 7) is 6.48. The van der Waals surface area contributed by atoms with Crippen molar-refractivity contribution in [2.45, 2.75) is 58.8 Å². The Kier molecular flexibility index (Phi) is 9.16. The second-order valence-electron chi connectivity index (χ2n) is 6.78. The molecule has 0 aliphatic heterocycles. The van der Waals surface area contributed by atoms with Crippen LogP contribution < -0.4 is 4.74 Å². The number of esters is 2. The van der Waals surface area contributed by atoms with Crippen molar-refractivity contribution in [1.82, 2.24) is 0 Å². The molecule has 2 atom stereocenters. The number of allylic oxidation sites excluding steroid dienone is 1. The molecular weight excluding hydrogens is 393 g/mol. The fourth-order valence-corrected chi connectivity index (χ4v) is 2.27. The van der Waals surface area contributed by atoms with E-state index in [-0.39, 0.29) is 12.2 Å². The van der Waals surface area contributed by atoms with Gasteiger partial charge >= 0.3 is 18.3 Å². The van der Waals surface area contributed by atoms with Crippen LogP contribution in [-0.2, 0) is 19.1 Å². The minimum atomic E-state index is -4.78. The number of aliphatic hydroxyl groups is 1. The summed E-state index contributed by atoms with van der Waals surface area (Å²) in [6, 6.07) is 5.07. The summed E-state index contributed by atoms with van der Waals surface area (Å²) in [4.78, 5) is 24.2. The lowest BCUT2D eigenvalue weighted by Crippen LogP contribution is -2.38. The molecule has 162 valence electrons. The smallest absolute Gasteiger partial charge is 0.463 e. The number of alkyl halides is 3. The monoisotopic (exact) mass is 418 g/mol. The number of halogens is 3. The highest BCUT2D eigenvalue weighted by Gasteiger charge is 2.34. The van der Waals surface area contributed by atoms with Crippen LogP contribution in [-0.4, -0.2) is 41.7 Å². The van der Waals surface area contributed by atoms with Crippen molar-refractivity contribution in [1.29, 1.82) is 0 Å². The van der Waals surface area contributed by atoms with Gasteiger partial charge < -0.3 is 19.3 Å². The van der Waals surface area contributed by atoms with Gasteiger partial charge in [0.25, 0.3) is 0 Å². The van der Waals surface area contributed by atoms with Crippen molar-refractivity contribution in [2.24, 2.45) is 5.92 Å². The summed E-state index contributed by atoms with van der Waals surface area (Å²) in [5.74, 6) is -3.24. The van der Waals surface area contributed by atoms with Gasteiger partial charge in [-0.15, -0.1) is 13.2 Å². The van der Waals surface area contributed by atoms with Crippen LogP contribution in [0.1, 0.15) is 39.7 Å². The Morgan fingerprint density at radius 2 is 1.52 bits per heavy atom. The number of hydrogen-bond donors (Lipinski definition) is 1. The summed E-state index contributed by atoms with van der Waals surface area (Å²) in [7, 11) is 0. The first kappa shape index (κ1) is 24.5. The second kappa shape index (κ2) is 10.8. The molecule has 0 amide bonds. The van der Waals surface area contributed by atoms with E-state index in [2.05, 4.69) is 4.74 Å². The molecule has 0 heterocycles. The maximum absolute atomic E-state index is 12.3. The van der Waals surface area contributed by atoms with Crippen LogP contribution in [0.2, 0.25) is 0 Å². The van der Waals surface area contributed by atoms with Gasteiger partial charge in [0.05, 0.1) is 18.1 Å². The molecule has 9 heteroatoms. The van der Waals surface area contributed by atoms with Crippen molar-refractivity contribution >= 4 is 18.0 Å². The van der Waals surface area contributed by atoms with E-state index in [1.54, 1.807) is 27.7 Å². The van der Waals surface area contributed by atoms with E-state index in [1.807, 2.05) is 0 Å². The fourth-order valence-electron chi connectivity index (χ4n) is 2.27. The maximum atomic E-state index is 12.3. The van der Waals surface area contributed by atoms with Crippen LogP contribution in [0.3, 0.4) is 0 Å². The Morgan fingerprint density at radius 1 is 1.00 bits per heavy atom. The number of carbonyl (C=O) groups excluding carboxylic acids is 2. The number of aliphatic hydroxyl groups excluding tert-OH is 1. The van der Waals surface area contributed by atoms with Gasteiger partial charge in [0.15, 0.2) is 6.10 Å². The molecule has 0 unspecified atom stereocenters. The van der Waals surface area contributed by atoms with Crippen molar-refractivity contribution in [3.63, 3.8) is 0 Å². The molecule has 0 aromatic heterocycles. The van der Waals surface area contributed by atoms with Gasteiger partial charge in [-0.05, 0) is 51.8 Å². The summed E-state index contributed by atoms with van der Waals surface area (Å²) in [5, 5.41) is 10.2. The van der Waals surface area contributed by atoms with E-state index in [9.17, 15) is 27.9 Å². The Hall–Kier alpha value is -2.55. The van der Waals surface area contributed by atoms with E-state index < -0.39 is 42.5 Å². The van der Waals surface area contributed by atoms with Crippen LogP contribution in [0.15, 0.2) is 30.3 Å². The number of ether oxygens (including phenoxy) is 3. The quantitative estimate of drug-likeness (QED) is 0.613. The Balaban J connectivity index is 2.85. The first-order chi connectivity index (χ1) is 13.4. The third-order valence-electron chi connectivity index (χ3n) is 3.44. The number of carbonyl (C=O) groups is 2. The van der Waals surface area contributed by atoms with Crippen molar-refractivity contribution in [3.05, 3.63) is 35.9 Å². The minimum absolute atomic E-state index is 0.0410. The lowest BCUT2D eigenvalue weighted by atomic mass is 9.97. The fraction of sp³-hybridized carbons (Fsp3) is 0.500. The first-order valence-electron chi connectivity index (χ1n) is 9.00. The molecule has 0 radical (unpaired) electrons. The summed E-state index contributed by atoms with van der Waals surface area (Å²) in [6.07, 6.45) is -4.39. The molecule has 0 aliphatic carbocycles. The highest BCUT2D eigenvalue weighted by atomic mass is 19.4. The molecular formula is C20H25F3O6. The van der Waals surface area contributed by atoms with Gasteiger partial charge in [-0.3, -0.25) is 4.79 Å². The molecule has 0 spiro atoms. The number of hydrogen-bond acceptors (Lipinski definition) is 6. The van der Waals surface area contributed by atoms with Crippen LogP contribution >= 0.6 is 0 Å². The molecule has 1 N–H and O–H groups in total. The molecule has 0 fully saturated rings. The van der Waals surface area contributed by atoms with Crippen LogP contribution in [0.5, 0.6) is 5.75 Å². The average Bonchev–Trinajstić information content (AvgIpc) is 2.57. The molecule has 1 rings (SSSR count). The summed E-state index contributed by atoms with van der Waals surface area (Å²) >= 11 is 0. The summed E-state index contributed by atoms with van der Waals surface area (Å²) in [5.41, 5.74) is 0.537.